The van der Waals surface area contributed by atoms with Gasteiger partial charge in [-0.2, -0.15) is 0 Å². The SMILES string of the molecule is CC(C)C(NC(=O)C(N)Cc1ccc(O)cc1)C(=O)NC(CC(N)=O)C(=O)NC(Cc1cnc[nH]1)C(=O)O. The molecule has 0 saturated heterocycles. The van der Waals surface area contributed by atoms with E-state index in [1.165, 1.54) is 24.7 Å². The topological polar surface area (TPSA) is 243 Å². The number of phenols is 1. The van der Waals surface area contributed by atoms with Gasteiger partial charge >= 0.3 is 5.97 Å². The van der Waals surface area contributed by atoms with Crippen molar-refractivity contribution < 1.29 is 34.2 Å². The Morgan fingerprint density at radius 2 is 1.58 bits per heavy atom. The predicted octanol–water partition coefficient (Wildman–Crippen LogP) is -1.70. The highest BCUT2D eigenvalue weighted by Gasteiger charge is 2.32. The van der Waals surface area contributed by atoms with Gasteiger partial charge in [-0.25, -0.2) is 9.78 Å². The lowest BCUT2D eigenvalue weighted by Gasteiger charge is -2.26. The number of aromatic amines is 1. The monoisotopic (exact) mass is 531 g/mol. The van der Waals surface area contributed by atoms with Crippen LogP contribution in [0.1, 0.15) is 31.5 Å². The molecule has 1 heterocycles. The second-order valence-corrected chi connectivity index (χ2v) is 9.12. The number of nitrogens with one attached hydrogen (secondary N) is 4. The first-order valence-corrected chi connectivity index (χ1v) is 11.8. The average molecular weight is 532 g/mol. The largest absolute Gasteiger partial charge is 0.508 e. The Morgan fingerprint density at radius 3 is 2.11 bits per heavy atom. The number of carboxylic acids is 1. The number of primary amides is 1. The van der Waals surface area contributed by atoms with Crippen molar-refractivity contribution in [1.82, 2.24) is 25.9 Å². The second-order valence-electron chi connectivity index (χ2n) is 9.12. The number of hydrogen-bond donors (Lipinski definition) is 8. The fourth-order valence-corrected chi connectivity index (χ4v) is 3.53. The lowest BCUT2D eigenvalue weighted by molar-refractivity contribution is -0.142. The highest BCUT2D eigenvalue weighted by atomic mass is 16.4. The molecule has 0 spiro atoms. The molecule has 0 aliphatic carbocycles. The molecular formula is C24H33N7O7. The second kappa shape index (κ2) is 13.7. The van der Waals surface area contributed by atoms with E-state index in [-0.39, 0.29) is 18.6 Å². The molecule has 4 atom stereocenters. The van der Waals surface area contributed by atoms with Crippen molar-refractivity contribution in [2.24, 2.45) is 17.4 Å². The third kappa shape index (κ3) is 9.20. The Morgan fingerprint density at radius 1 is 0.947 bits per heavy atom. The molecule has 2 aromatic rings. The van der Waals surface area contributed by atoms with E-state index in [0.29, 0.717) is 11.3 Å². The summed E-state index contributed by atoms with van der Waals surface area (Å²) in [4.78, 5) is 68.4. The van der Waals surface area contributed by atoms with Crippen molar-refractivity contribution in [3.63, 3.8) is 0 Å². The molecule has 4 unspecified atom stereocenters. The third-order valence-corrected chi connectivity index (χ3v) is 5.61. The lowest BCUT2D eigenvalue weighted by atomic mass is 10.0. The number of aromatic nitrogens is 2. The number of benzene rings is 1. The van der Waals surface area contributed by atoms with E-state index in [2.05, 4.69) is 25.9 Å². The van der Waals surface area contributed by atoms with Gasteiger partial charge in [-0.05, 0) is 30.0 Å². The van der Waals surface area contributed by atoms with Gasteiger partial charge < -0.3 is 42.6 Å². The zero-order chi connectivity index (χ0) is 28.4. The minimum Gasteiger partial charge on any atom is -0.508 e. The van der Waals surface area contributed by atoms with Gasteiger partial charge in [0, 0.05) is 18.3 Å². The number of aromatic hydroxyl groups is 1. The Labute approximate surface area is 218 Å². The van der Waals surface area contributed by atoms with Crippen molar-refractivity contribution in [3.05, 3.63) is 48.0 Å². The van der Waals surface area contributed by atoms with E-state index in [1.807, 2.05) is 0 Å². The number of H-pyrrole nitrogens is 1. The van der Waals surface area contributed by atoms with E-state index in [0.717, 1.165) is 0 Å². The number of carboxylic acid groups (broad SMARTS) is 1. The fraction of sp³-hybridized carbons (Fsp3) is 0.417. The van der Waals surface area contributed by atoms with Crippen LogP contribution < -0.4 is 27.4 Å². The summed E-state index contributed by atoms with van der Waals surface area (Å²) < 4.78 is 0. The molecule has 38 heavy (non-hydrogen) atoms. The first-order valence-electron chi connectivity index (χ1n) is 11.8. The van der Waals surface area contributed by atoms with Crippen LogP contribution in [-0.4, -0.2) is 73.9 Å². The molecule has 0 radical (unpaired) electrons. The van der Waals surface area contributed by atoms with E-state index < -0.39 is 66.1 Å². The molecule has 14 heteroatoms. The van der Waals surface area contributed by atoms with Crippen LogP contribution in [-0.2, 0) is 36.8 Å². The first kappa shape index (κ1) is 29.8. The van der Waals surface area contributed by atoms with Crippen molar-refractivity contribution in [3.8, 4) is 5.75 Å². The molecule has 206 valence electrons. The smallest absolute Gasteiger partial charge is 0.326 e. The minimum atomic E-state index is -1.49. The van der Waals surface area contributed by atoms with Crippen LogP contribution in [0.5, 0.6) is 5.75 Å². The number of nitrogens with two attached hydrogens (primary N) is 2. The third-order valence-electron chi connectivity index (χ3n) is 5.61. The van der Waals surface area contributed by atoms with E-state index in [9.17, 15) is 34.2 Å². The summed E-state index contributed by atoms with van der Waals surface area (Å²) in [7, 11) is 0. The van der Waals surface area contributed by atoms with Crippen molar-refractivity contribution in [2.45, 2.75) is 57.3 Å². The first-order chi connectivity index (χ1) is 17.9. The van der Waals surface area contributed by atoms with Gasteiger partial charge in [0.25, 0.3) is 0 Å². The highest BCUT2D eigenvalue weighted by Crippen LogP contribution is 2.11. The van der Waals surface area contributed by atoms with Gasteiger partial charge in [0.2, 0.25) is 23.6 Å². The van der Waals surface area contributed by atoms with Crippen LogP contribution in [0.2, 0.25) is 0 Å². The number of aliphatic carboxylic acids is 1. The van der Waals surface area contributed by atoms with Crippen molar-refractivity contribution in [2.75, 3.05) is 0 Å². The zero-order valence-electron chi connectivity index (χ0n) is 21.0. The predicted molar refractivity (Wildman–Crippen MR) is 134 cm³/mol. The maximum absolute atomic E-state index is 13.1. The van der Waals surface area contributed by atoms with Crippen LogP contribution in [0.4, 0.5) is 0 Å². The van der Waals surface area contributed by atoms with E-state index in [1.54, 1.807) is 26.0 Å². The van der Waals surface area contributed by atoms with Crippen LogP contribution in [0, 0.1) is 5.92 Å². The van der Waals surface area contributed by atoms with Crippen molar-refractivity contribution >= 4 is 29.6 Å². The summed E-state index contributed by atoms with van der Waals surface area (Å²) >= 11 is 0. The Hall–Kier alpha value is -4.46. The van der Waals surface area contributed by atoms with Gasteiger partial charge in [-0.1, -0.05) is 26.0 Å². The maximum atomic E-state index is 13.1. The number of carbonyl (C=O) groups is 5. The Bertz CT molecular complexity index is 1120. The zero-order valence-corrected chi connectivity index (χ0v) is 21.0. The molecule has 10 N–H and O–H groups in total. The molecule has 0 aliphatic rings. The summed E-state index contributed by atoms with van der Waals surface area (Å²) in [5.74, 6) is -4.99. The number of hydrogen-bond acceptors (Lipinski definition) is 8. The number of rotatable bonds is 14. The van der Waals surface area contributed by atoms with Gasteiger partial charge in [-0.15, -0.1) is 0 Å². The Balaban J connectivity index is 2.09. The molecular weight excluding hydrogens is 498 g/mol. The highest BCUT2D eigenvalue weighted by molar-refractivity contribution is 5.96. The van der Waals surface area contributed by atoms with Gasteiger partial charge in [0.1, 0.15) is 23.9 Å². The molecule has 0 aliphatic heterocycles. The number of phenolic OH excluding ortho intramolecular Hbond substituents is 1. The van der Waals surface area contributed by atoms with Crippen LogP contribution >= 0.6 is 0 Å². The summed E-state index contributed by atoms with van der Waals surface area (Å²) in [5, 5.41) is 26.1. The molecule has 4 amide bonds. The normalized spacial score (nSPS) is 14.1. The van der Waals surface area contributed by atoms with E-state index >= 15 is 0 Å². The van der Waals surface area contributed by atoms with E-state index in [4.69, 9.17) is 11.5 Å². The summed E-state index contributed by atoms with van der Waals surface area (Å²) in [6.07, 6.45) is 2.16. The summed E-state index contributed by atoms with van der Waals surface area (Å²) in [5.41, 5.74) is 12.4. The van der Waals surface area contributed by atoms with Crippen LogP contribution in [0.15, 0.2) is 36.8 Å². The number of imidazole rings is 1. The summed E-state index contributed by atoms with van der Waals surface area (Å²) in [6.45, 7) is 3.31. The minimum absolute atomic E-state index is 0.0638. The molecule has 14 nitrogen and oxygen atoms in total. The lowest BCUT2D eigenvalue weighted by Crippen LogP contribution is -2.59. The van der Waals surface area contributed by atoms with Crippen LogP contribution in [0.25, 0.3) is 0 Å². The van der Waals surface area contributed by atoms with Gasteiger partial charge in [-0.3, -0.25) is 19.2 Å². The molecule has 0 fully saturated rings. The van der Waals surface area contributed by atoms with Crippen molar-refractivity contribution in [1.29, 1.82) is 0 Å². The number of amides is 4. The Kier molecular flexibility index (Phi) is 10.8. The quantitative estimate of drug-likeness (QED) is 0.138. The standard InChI is InChI=1S/C24H33N7O7/c1-12(2)20(31-21(34)16(25)7-13-3-5-15(32)6-4-13)23(36)29-17(9-19(26)33)22(35)30-18(24(37)38)8-14-10-27-11-28-14/h3-6,10-12,16-18,20,32H,7-9,25H2,1-2H3,(H2,26,33)(H,27,28)(H,29,36)(H,30,35)(H,31,34)(H,37,38). The molecule has 0 bridgehead atoms. The van der Waals surface area contributed by atoms with Crippen LogP contribution in [0.3, 0.4) is 0 Å². The molecule has 2 rings (SSSR count). The molecule has 0 saturated carbocycles. The fourth-order valence-electron chi connectivity index (χ4n) is 3.53. The maximum Gasteiger partial charge on any atom is 0.326 e. The number of carbonyl (C=O) groups excluding carboxylic acids is 4. The average Bonchev–Trinajstić information content (AvgIpc) is 3.35. The molecule has 1 aromatic heterocycles. The molecule has 1 aromatic carbocycles. The van der Waals surface area contributed by atoms with Gasteiger partial charge in [0.05, 0.1) is 18.8 Å². The summed E-state index contributed by atoms with van der Waals surface area (Å²) in [6, 6.07) is 1.11. The number of nitrogens with zero attached hydrogens (tertiary/aromatic N) is 1. The van der Waals surface area contributed by atoms with Gasteiger partial charge in [0.15, 0.2) is 0 Å².